The van der Waals surface area contributed by atoms with Crippen molar-refractivity contribution >= 4 is 5.97 Å². The van der Waals surface area contributed by atoms with E-state index < -0.39 is 79.0 Å². The lowest BCUT2D eigenvalue weighted by Gasteiger charge is -2.65. The molecule has 3 heterocycles. The highest BCUT2D eigenvalue weighted by molar-refractivity contribution is 5.85. The number of carbonyl (C=O) groups is 1. The van der Waals surface area contributed by atoms with Gasteiger partial charge in [-0.1, -0.05) is 13.8 Å². The fraction of sp³-hybridized carbons (Fsp3) is 0.917. The van der Waals surface area contributed by atoms with Gasteiger partial charge in [-0.2, -0.15) is 0 Å². The molecule has 49 heavy (non-hydrogen) atoms. The molecule has 0 amide bonds. The zero-order chi connectivity index (χ0) is 35.0. The van der Waals surface area contributed by atoms with E-state index in [4.69, 9.17) is 28.4 Å². The van der Waals surface area contributed by atoms with Crippen molar-refractivity contribution in [2.75, 3.05) is 20.3 Å². The molecule has 278 valence electrons. The second-order valence-corrected chi connectivity index (χ2v) is 16.6. The molecule has 4 aliphatic carbocycles. The van der Waals surface area contributed by atoms with E-state index in [9.17, 15) is 35.4 Å². The number of carbonyl (C=O) groups excluding carboxylic acids is 1. The van der Waals surface area contributed by atoms with Gasteiger partial charge in [0.1, 0.15) is 37.1 Å². The lowest BCUT2D eigenvalue weighted by Crippen LogP contribution is -2.66. The molecule has 3 aliphatic heterocycles. The van der Waals surface area contributed by atoms with Gasteiger partial charge in [-0.05, 0) is 93.0 Å². The zero-order valence-electron chi connectivity index (χ0n) is 29.1. The largest absolute Gasteiger partial charge is 0.458 e. The Morgan fingerprint density at radius 1 is 0.959 bits per heavy atom. The quantitative estimate of drug-likeness (QED) is 0.163. The topological polar surface area (TPSA) is 194 Å². The fourth-order valence-electron chi connectivity index (χ4n) is 11.7. The molecule has 4 saturated carbocycles. The standard InChI is InChI=1S/C36H56O13/c1-17-32(49-33-31(42)30(41)29(40)25(15-37)48-33)24(44-4)13-27(46-17)47-20-7-9-34(2)19(12-20)5-6-22-28(34)23(38)14-35(3)21(8-10-36(22,35)43)18-11-26(39)45-16-18/h11,17,19-25,27-33,37-38,40-43H,5-10,12-16H2,1-4H3/t17-,19+,20-,21+,22+,23+,24-,25+,27-,28+,29+,30-,31+,32-,33+,34-,35+,36-/m0/s1. The molecule has 18 atom stereocenters. The maximum Gasteiger partial charge on any atom is 0.331 e. The second kappa shape index (κ2) is 13.3. The Balaban J connectivity index is 0.989. The highest BCUT2D eigenvalue weighted by atomic mass is 16.7. The van der Waals surface area contributed by atoms with Crippen molar-refractivity contribution in [1.29, 1.82) is 0 Å². The average molecular weight is 697 g/mol. The third-order valence-corrected chi connectivity index (χ3v) is 14.3. The van der Waals surface area contributed by atoms with Crippen LogP contribution >= 0.6 is 0 Å². The first-order valence-corrected chi connectivity index (χ1v) is 18.3. The van der Waals surface area contributed by atoms with Crippen LogP contribution < -0.4 is 0 Å². The first-order valence-electron chi connectivity index (χ1n) is 18.3. The van der Waals surface area contributed by atoms with Crippen molar-refractivity contribution < 1.29 is 63.9 Å². The van der Waals surface area contributed by atoms with Crippen LogP contribution in [0.25, 0.3) is 0 Å². The minimum Gasteiger partial charge on any atom is -0.458 e. The molecule has 2 saturated heterocycles. The number of esters is 1. The Labute approximate surface area is 287 Å². The van der Waals surface area contributed by atoms with Gasteiger partial charge in [0.2, 0.25) is 0 Å². The van der Waals surface area contributed by atoms with Crippen molar-refractivity contribution in [2.24, 2.45) is 34.5 Å². The molecule has 13 heteroatoms. The molecule has 13 nitrogen and oxygen atoms in total. The molecule has 0 aromatic heterocycles. The Morgan fingerprint density at radius 2 is 1.73 bits per heavy atom. The van der Waals surface area contributed by atoms with Gasteiger partial charge in [0.05, 0.1) is 36.6 Å². The molecule has 6 N–H and O–H groups in total. The van der Waals surface area contributed by atoms with Crippen molar-refractivity contribution in [2.45, 2.75) is 152 Å². The summed E-state index contributed by atoms with van der Waals surface area (Å²) < 4.78 is 35.5. The van der Waals surface area contributed by atoms with Crippen molar-refractivity contribution in [1.82, 2.24) is 0 Å². The van der Waals surface area contributed by atoms with Gasteiger partial charge in [-0.25, -0.2) is 4.79 Å². The van der Waals surface area contributed by atoms with E-state index in [1.54, 1.807) is 13.2 Å². The second-order valence-electron chi connectivity index (χ2n) is 16.6. The van der Waals surface area contributed by atoms with Gasteiger partial charge >= 0.3 is 5.97 Å². The Bertz CT molecular complexity index is 1260. The molecule has 0 bridgehead atoms. The van der Waals surface area contributed by atoms with Crippen LogP contribution in [0.4, 0.5) is 0 Å². The third-order valence-electron chi connectivity index (χ3n) is 14.3. The summed E-state index contributed by atoms with van der Waals surface area (Å²) in [4.78, 5) is 11.9. The Kier molecular flexibility index (Phi) is 9.82. The number of methoxy groups -OCH3 is 1. The molecule has 0 aromatic rings. The van der Waals surface area contributed by atoms with Crippen LogP contribution in [0, 0.1) is 34.5 Å². The summed E-state index contributed by atoms with van der Waals surface area (Å²) in [5.41, 5.74) is -0.629. The van der Waals surface area contributed by atoms with E-state index >= 15 is 0 Å². The molecule has 0 aromatic carbocycles. The number of hydrogen-bond donors (Lipinski definition) is 6. The number of aliphatic hydroxyl groups is 6. The molecule has 6 fully saturated rings. The van der Waals surface area contributed by atoms with E-state index in [0.717, 1.165) is 44.1 Å². The highest BCUT2D eigenvalue weighted by Gasteiger charge is 2.70. The van der Waals surface area contributed by atoms with E-state index in [0.29, 0.717) is 25.2 Å². The number of ether oxygens (including phenoxy) is 6. The van der Waals surface area contributed by atoms with Crippen LogP contribution in [0.2, 0.25) is 0 Å². The van der Waals surface area contributed by atoms with Gasteiger partial charge in [0, 0.05) is 25.0 Å². The summed E-state index contributed by atoms with van der Waals surface area (Å²) in [5.74, 6) is -0.0252. The normalized spacial score (nSPS) is 54.4. The van der Waals surface area contributed by atoms with Gasteiger partial charge in [-0.15, -0.1) is 0 Å². The summed E-state index contributed by atoms with van der Waals surface area (Å²) in [6.45, 7) is 5.97. The molecule has 0 radical (unpaired) electrons. The van der Waals surface area contributed by atoms with Crippen LogP contribution in [-0.4, -0.2) is 130 Å². The summed E-state index contributed by atoms with van der Waals surface area (Å²) in [7, 11) is 1.56. The van der Waals surface area contributed by atoms with E-state index in [1.165, 1.54) is 0 Å². The summed E-state index contributed by atoms with van der Waals surface area (Å²) in [6.07, 6.45) is -1.58. The van der Waals surface area contributed by atoms with Gasteiger partial charge in [0.25, 0.3) is 0 Å². The summed E-state index contributed by atoms with van der Waals surface area (Å²) in [5, 5.41) is 64.9. The fourth-order valence-corrected chi connectivity index (χ4v) is 11.7. The maximum atomic E-state index is 12.5. The van der Waals surface area contributed by atoms with E-state index in [1.807, 2.05) is 6.92 Å². The van der Waals surface area contributed by atoms with Gasteiger partial charge in [-0.3, -0.25) is 0 Å². The smallest absolute Gasteiger partial charge is 0.331 e. The van der Waals surface area contributed by atoms with Crippen LogP contribution in [0.15, 0.2) is 11.6 Å². The minimum absolute atomic E-state index is 0.0187. The first-order chi connectivity index (χ1) is 23.2. The van der Waals surface area contributed by atoms with E-state index in [2.05, 4.69) is 13.8 Å². The third kappa shape index (κ3) is 5.83. The van der Waals surface area contributed by atoms with Crippen molar-refractivity contribution in [3.8, 4) is 0 Å². The number of rotatable bonds is 7. The number of hydrogen-bond acceptors (Lipinski definition) is 13. The number of aliphatic hydroxyl groups excluding tert-OH is 5. The van der Waals surface area contributed by atoms with Gasteiger partial charge < -0.3 is 59.1 Å². The predicted octanol–water partition coefficient (Wildman–Crippen LogP) is 0.934. The first kappa shape index (κ1) is 36.1. The van der Waals surface area contributed by atoms with Crippen molar-refractivity contribution in [3.63, 3.8) is 0 Å². The SMILES string of the molecule is CO[C@H]1C[C@H](O[C@H]2CC[C@@]3(C)[C@H](CC[C@@H]4[C@@H]3[C@H](O)C[C@]3(C)[C@@H](C5=CC(=O)OC5)CC[C@]43O)C2)O[C@@H](C)[C@@H]1O[C@H]1O[C@H](CO)[C@@H](O)[C@H](O)[C@H]1O. The Morgan fingerprint density at radius 3 is 2.43 bits per heavy atom. The van der Waals surface area contributed by atoms with E-state index in [-0.39, 0.29) is 41.8 Å². The number of cyclic esters (lactones) is 1. The predicted molar refractivity (Wildman–Crippen MR) is 170 cm³/mol. The molecule has 7 rings (SSSR count). The minimum atomic E-state index is -1.55. The molecular weight excluding hydrogens is 640 g/mol. The van der Waals surface area contributed by atoms with Gasteiger partial charge in [0.15, 0.2) is 12.6 Å². The summed E-state index contributed by atoms with van der Waals surface area (Å²) in [6, 6.07) is 0. The molecular formula is C36H56O13. The van der Waals surface area contributed by atoms with Crippen molar-refractivity contribution in [3.05, 3.63) is 11.6 Å². The molecule has 0 spiro atoms. The lowest BCUT2D eigenvalue weighted by atomic mass is 9.42. The average Bonchev–Trinajstić information content (AvgIpc) is 3.61. The zero-order valence-corrected chi connectivity index (χ0v) is 29.1. The number of fused-ring (bicyclic) bond motifs is 5. The van der Waals surface area contributed by atoms with Crippen LogP contribution in [0.1, 0.15) is 78.6 Å². The highest BCUT2D eigenvalue weighted by Crippen LogP contribution is 2.70. The lowest BCUT2D eigenvalue weighted by molar-refractivity contribution is -0.345. The van der Waals surface area contributed by atoms with Crippen LogP contribution in [0.5, 0.6) is 0 Å². The maximum absolute atomic E-state index is 12.5. The van der Waals surface area contributed by atoms with Crippen LogP contribution in [0.3, 0.4) is 0 Å². The molecule has 0 unspecified atom stereocenters. The monoisotopic (exact) mass is 696 g/mol. The summed E-state index contributed by atoms with van der Waals surface area (Å²) >= 11 is 0. The van der Waals surface area contributed by atoms with Crippen LogP contribution in [-0.2, 0) is 33.2 Å². The molecule has 7 aliphatic rings. The Hall–Kier alpha value is -1.23.